The van der Waals surface area contributed by atoms with Gasteiger partial charge in [-0.25, -0.2) is 0 Å². The third kappa shape index (κ3) is 2.51. The Hall–Kier alpha value is -2.91. The lowest BCUT2D eigenvalue weighted by Gasteiger charge is -2.21. The van der Waals surface area contributed by atoms with E-state index < -0.39 is 17.7 Å². The zero-order chi connectivity index (χ0) is 16.4. The van der Waals surface area contributed by atoms with Gasteiger partial charge in [0.25, 0.3) is 11.7 Å². The number of ketones is 1. The van der Waals surface area contributed by atoms with Crippen LogP contribution in [0.5, 0.6) is 0 Å². The van der Waals surface area contributed by atoms with Crippen molar-refractivity contribution in [2.24, 2.45) is 0 Å². The fourth-order valence-corrected chi connectivity index (χ4v) is 3.46. The van der Waals surface area contributed by atoms with Crippen molar-refractivity contribution in [3.8, 4) is 6.07 Å². The number of nitriles is 1. The number of benzene rings is 1. The van der Waals surface area contributed by atoms with Gasteiger partial charge in [-0.15, -0.1) is 11.3 Å². The van der Waals surface area contributed by atoms with Gasteiger partial charge in [0.05, 0.1) is 11.6 Å². The molecule has 2 aromatic rings. The van der Waals surface area contributed by atoms with E-state index in [1.807, 2.05) is 11.4 Å². The molecule has 0 unspecified atom stereocenters. The number of thiophene rings is 1. The van der Waals surface area contributed by atoms with Crippen LogP contribution in [0.4, 0.5) is 0 Å². The predicted molar refractivity (Wildman–Crippen MR) is 85.4 cm³/mol. The zero-order valence-electron chi connectivity index (χ0n) is 12.0. The van der Waals surface area contributed by atoms with E-state index in [2.05, 4.69) is 0 Å². The number of likely N-dealkylation sites (tertiary alicyclic amines) is 1. The zero-order valence-corrected chi connectivity index (χ0v) is 12.8. The van der Waals surface area contributed by atoms with Crippen LogP contribution in [-0.4, -0.2) is 28.2 Å². The van der Waals surface area contributed by atoms with E-state index in [1.165, 1.54) is 16.2 Å². The van der Waals surface area contributed by atoms with Gasteiger partial charge >= 0.3 is 0 Å². The maximum absolute atomic E-state index is 12.4. The van der Waals surface area contributed by atoms with Crippen LogP contribution in [0.15, 0.2) is 53.4 Å². The molecule has 3 rings (SSSR count). The number of carbonyl (C=O) groups is 2. The molecule has 6 heteroatoms. The van der Waals surface area contributed by atoms with E-state index in [0.29, 0.717) is 5.56 Å². The maximum Gasteiger partial charge on any atom is 0.296 e. The Bertz CT molecular complexity index is 819. The Morgan fingerprint density at radius 1 is 1.22 bits per heavy atom. The summed E-state index contributed by atoms with van der Waals surface area (Å²) in [6.07, 6.45) is 0. The van der Waals surface area contributed by atoms with Crippen molar-refractivity contribution in [2.45, 2.75) is 6.04 Å². The summed E-state index contributed by atoms with van der Waals surface area (Å²) in [7, 11) is 0. The van der Waals surface area contributed by atoms with Gasteiger partial charge in [0, 0.05) is 10.4 Å². The van der Waals surface area contributed by atoms with Crippen LogP contribution in [0, 0.1) is 11.3 Å². The molecule has 1 aromatic carbocycles. The number of hydrogen-bond acceptors (Lipinski definition) is 5. The van der Waals surface area contributed by atoms with E-state index >= 15 is 0 Å². The van der Waals surface area contributed by atoms with Gasteiger partial charge in [0.2, 0.25) is 0 Å². The Kier molecular flexibility index (Phi) is 3.96. The molecule has 1 amide bonds. The summed E-state index contributed by atoms with van der Waals surface area (Å²) in [4.78, 5) is 26.6. The molecular weight excluding hydrogens is 312 g/mol. The molecule has 1 aromatic heterocycles. The standard InChI is InChI=1S/C17H12N2O3S/c18-8-9-19-14(12-7-4-10-23-12)13(16(21)17(19)22)15(20)11-5-2-1-3-6-11/h1-7,10,14,20H,9H2/t14-/m1/s1. The van der Waals surface area contributed by atoms with Crippen molar-refractivity contribution >= 4 is 28.8 Å². The van der Waals surface area contributed by atoms with Gasteiger partial charge < -0.3 is 10.0 Å². The van der Waals surface area contributed by atoms with Gasteiger partial charge in [-0.3, -0.25) is 9.59 Å². The summed E-state index contributed by atoms with van der Waals surface area (Å²) in [6.45, 7) is -0.210. The Balaban J connectivity index is 2.19. The van der Waals surface area contributed by atoms with Crippen molar-refractivity contribution in [1.82, 2.24) is 4.90 Å². The molecule has 1 N–H and O–H groups in total. The summed E-state index contributed by atoms with van der Waals surface area (Å²) in [5.41, 5.74) is 0.489. The van der Waals surface area contributed by atoms with Crippen LogP contribution < -0.4 is 0 Å². The Labute approximate surface area is 136 Å². The molecule has 114 valence electrons. The Morgan fingerprint density at radius 3 is 2.57 bits per heavy atom. The molecule has 0 spiro atoms. The van der Waals surface area contributed by atoms with E-state index in [4.69, 9.17) is 5.26 Å². The van der Waals surface area contributed by atoms with Gasteiger partial charge in [-0.2, -0.15) is 5.26 Å². The number of aliphatic hydroxyl groups excluding tert-OH is 1. The second kappa shape index (κ2) is 6.07. The lowest BCUT2D eigenvalue weighted by molar-refractivity contribution is -0.139. The highest BCUT2D eigenvalue weighted by Gasteiger charge is 2.46. The minimum absolute atomic E-state index is 0.0268. The summed E-state index contributed by atoms with van der Waals surface area (Å²) in [5.74, 6) is -1.75. The maximum atomic E-state index is 12.4. The molecule has 0 bridgehead atoms. The highest BCUT2D eigenvalue weighted by atomic mass is 32.1. The molecule has 23 heavy (non-hydrogen) atoms. The molecule has 1 aliphatic heterocycles. The molecule has 0 aliphatic carbocycles. The summed E-state index contributed by atoms with van der Waals surface area (Å²) in [5, 5.41) is 21.3. The van der Waals surface area contributed by atoms with Crippen molar-refractivity contribution in [1.29, 1.82) is 5.26 Å². The minimum atomic E-state index is -0.764. The predicted octanol–water partition coefficient (Wildman–Crippen LogP) is 2.69. The number of amides is 1. The third-order valence-corrected chi connectivity index (χ3v) is 4.57. The molecule has 2 heterocycles. The number of aliphatic hydroxyl groups is 1. The third-order valence-electron chi connectivity index (χ3n) is 3.64. The normalized spacial score (nSPS) is 19.8. The average Bonchev–Trinajstić information content (AvgIpc) is 3.18. The second-order valence-electron chi connectivity index (χ2n) is 4.97. The van der Waals surface area contributed by atoms with Gasteiger partial charge in [-0.1, -0.05) is 36.4 Å². The summed E-state index contributed by atoms with van der Waals surface area (Å²) < 4.78 is 0. The average molecular weight is 324 g/mol. The minimum Gasteiger partial charge on any atom is -0.507 e. The number of Topliss-reactive ketones (excluding diaryl/α,β-unsaturated/α-hetero) is 1. The van der Waals surface area contributed by atoms with Crippen LogP contribution in [0.2, 0.25) is 0 Å². The van der Waals surface area contributed by atoms with Crippen LogP contribution in [0.3, 0.4) is 0 Å². The number of carbonyl (C=O) groups excluding carboxylic acids is 2. The molecular formula is C17H12N2O3S. The molecule has 1 atom stereocenters. The fraction of sp³-hybridized carbons (Fsp3) is 0.118. The van der Waals surface area contributed by atoms with Gasteiger partial charge in [-0.05, 0) is 11.4 Å². The van der Waals surface area contributed by atoms with E-state index in [1.54, 1.807) is 42.5 Å². The van der Waals surface area contributed by atoms with Gasteiger partial charge in [0.1, 0.15) is 18.3 Å². The quantitative estimate of drug-likeness (QED) is 0.407. The van der Waals surface area contributed by atoms with Crippen LogP contribution in [-0.2, 0) is 9.59 Å². The van der Waals surface area contributed by atoms with Crippen molar-refractivity contribution in [3.63, 3.8) is 0 Å². The van der Waals surface area contributed by atoms with Crippen molar-refractivity contribution in [3.05, 3.63) is 63.9 Å². The molecule has 0 saturated carbocycles. The second-order valence-corrected chi connectivity index (χ2v) is 5.95. The first-order chi connectivity index (χ1) is 11.1. The van der Waals surface area contributed by atoms with Crippen LogP contribution >= 0.6 is 11.3 Å². The highest BCUT2D eigenvalue weighted by Crippen LogP contribution is 2.40. The largest absolute Gasteiger partial charge is 0.507 e. The molecule has 1 aliphatic rings. The number of hydrogen-bond donors (Lipinski definition) is 1. The fourth-order valence-electron chi connectivity index (χ4n) is 2.61. The first kappa shape index (κ1) is 15.0. The van der Waals surface area contributed by atoms with Crippen LogP contribution in [0.1, 0.15) is 16.5 Å². The summed E-state index contributed by atoms with van der Waals surface area (Å²) in [6, 6.07) is 13.4. The highest BCUT2D eigenvalue weighted by molar-refractivity contribution is 7.10. The van der Waals surface area contributed by atoms with E-state index in [9.17, 15) is 14.7 Å². The molecule has 5 nitrogen and oxygen atoms in total. The number of nitrogens with zero attached hydrogens (tertiary/aromatic N) is 2. The first-order valence-corrected chi connectivity index (χ1v) is 7.77. The van der Waals surface area contributed by atoms with Crippen molar-refractivity contribution in [2.75, 3.05) is 6.54 Å². The summed E-state index contributed by atoms with van der Waals surface area (Å²) >= 11 is 1.37. The lowest BCUT2D eigenvalue weighted by Crippen LogP contribution is -2.29. The van der Waals surface area contributed by atoms with E-state index in [-0.39, 0.29) is 17.9 Å². The van der Waals surface area contributed by atoms with Crippen molar-refractivity contribution < 1.29 is 14.7 Å². The van der Waals surface area contributed by atoms with Crippen LogP contribution in [0.25, 0.3) is 5.76 Å². The monoisotopic (exact) mass is 324 g/mol. The van der Waals surface area contributed by atoms with Gasteiger partial charge in [0.15, 0.2) is 0 Å². The topological polar surface area (TPSA) is 81.4 Å². The SMILES string of the molecule is N#CCN1C(=O)C(=O)C(=C(O)c2ccccc2)[C@H]1c1cccs1. The molecule has 1 saturated heterocycles. The smallest absolute Gasteiger partial charge is 0.296 e. The first-order valence-electron chi connectivity index (χ1n) is 6.89. The Morgan fingerprint density at radius 2 is 1.96 bits per heavy atom. The lowest BCUT2D eigenvalue weighted by atomic mass is 10.00. The number of rotatable bonds is 3. The molecule has 1 fully saturated rings. The molecule has 0 radical (unpaired) electrons. The van der Waals surface area contributed by atoms with E-state index in [0.717, 1.165) is 4.88 Å².